The fraction of sp³-hybridized carbons (Fsp3) is 0.667. The van der Waals surface area contributed by atoms with E-state index in [0.29, 0.717) is 0 Å². The third-order valence-corrected chi connectivity index (χ3v) is 5.09. The van der Waals surface area contributed by atoms with Crippen LogP contribution in [-0.4, -0.2) is 87.6 Å². The number of hydrogen-bond acceptors (Lipinski definition) is 8. The van der Waals surface area contributed by atoms with E-state index in [1.807, 2.05) is 0 Å². The molecule has 0 aliphatic carbocycles. The van der Waals surface area contributed by atoms with Crippen LogP contribution in [0.1, 0.15) is 52.4 Å². The average Bonchev–Trinajstić information content (AvgIpc) is 2.78. The van der Waals surface area contributed by atoms with Gasteiger partial charge in [-0.3, -0.25) is 29.0 Å². The number of carbonyl (C=O) groups is 6. The van der Waals surface area contributed by atoms with Crippen molar-refractivity contribution in [1.29, 1.82) is 0 Å². The highest BCUT2D eigenvalue weighted by molar-refractivity contribution is 5.94. The van der Waals surface area contributed by atoms with Crippen molar-refractivity contribution in [2.45, 2.75) is 76.5 Å². The summed E-state index contributed by atoms with van der Waals surface area (Å²) in [5.74, 6) is -7.03. The maximum absolute atomic E-state index is 13.0. The number of aliphatic imine (C=N–C) groups is 1. The molecule has 3 amide bonds. The second-order valence-electron chi connectivity index (χ2n) is 8.61. The van der Waals surface area contributed by atoms with Gasteiger partial charge < -0.3 is 48.5 Å². The van der Waals surface area contributed by atoms with Crippen LogP contribution in [0.5, 0.6) is 0 Å². The van der Waals surface area contributed by atoms with Crippen molar-refractivity contribution in [1.82, 2.24) is 16.0 Å². The van der Waals surface area contributed by atoms with E-state index in [9.17, 15) is 33.9 Å². The summed E-state index contributed by atoms with van der Waals surface area (Å²) in [4.78, 5) is 75.2. The van der Waals surface area contributed by atoms with Crippen LogP contribution in [0.4, 0.5) is 0 Å². The molecule has 0 saturated carbocycles. The van der Waals surface area contributed by atoms with E-state index in [1.54, 1.807) is 13.8 Å². The lowest BCUT2D eigenvalue weighted by molar-refractivity contribution is -0.144. The summed E-state index contributed by atoms with van der Waals surface area (Å²) in [5, 5.41) is 34.2. The van der Waals surface area contributed by atoms with Crippen molar-refractivity contribution < 1.29 is 44.1 Å². The molecule has 0 saturated heterocycles. The summed E-state index contributed by atoms with van der Waals surface area (Å²) < 4.78 is 0. The number of aliphatic carboxylic acids is 3. The van der Waals surface area contributed by atoms with Gasteiger partial charge in [-0.1, -0.05) is 13.8 Å². The van der Waals surface area contributed by atoms with Gasteiger partial charge in [0, 0.05) is 19.4 Å². The topological polar surface area (TPSA) is 290 Å². The minimum atomic E-state index is -1.43. The quantitative estimate of drug-likeness (QED) is 0.0495. The van der Waals surface area contributed by atoms with Crippen LogP contribution in [0, 0.1) is 5.92 Å². The first-order chi connectivity index (χ1) is 17.1. The van der Waals surface area contributed by atoms with E-state index >= 15 is 0 Å². The minimum absolute atomic E-state index is 0.0168. The molecule has 0 aromatic rings. The molecule has 0 heterocycles. The van der Waals surface area contributed by atoms with Gasteiger partial charge in [0.1, 0.15) is 18.1 Å². The van der Waals surface area contributed by atoms with E-state index in [0.717, 1.165) is 0 Å². The molecule has 0 aliphatic rings. The molecule has 0 rings (SSSR count). The fourth-order valence-corrected chi connectivity index (χ4v) is 3.04. The van der Waals surface area contributed by atoms with Gasteiger partial charge in [0.2, 0.25) is 17.7 Å². The normalized spacial score (nSPS) is 13.9. The molecule has 0 spiro atoms. The predicted molar refractivity (Wildman–Crippen MR) is 130 cm³/mol. The van der Waals surface area contributed by atoms with E-state index in [1.165, 1.54) is 0 Å². The molecule has 4 unspecified atom stereocenters. The molecular formula is C21H37N7O9. The molecular weight excluding hydrogens is 494 g/mol. The number of nitrogens with two attached hydrogens (primary N) is 3. The largest absolute Gasteiger partial charge is 0.481 e. The lowest BCUT2D eigenvalue weighted by atomic mass is 10.0. The Morgan fingerprint density at radius 3 is 1.73 bits per heavy atom. The molecule has 4 atom stereocenters. The molecule has 0 fully saturated rings. The van der Waals surface area contributed by atoms with Crippen molar-refractivity contribution >= 4 is 41.6 Å². The highest BCUT2D eigenvalue weighted by Gasteiger charge is 2.31. The zero-order valence-corrected chi connectivity index (χ0v) is 20.8. The summed E-state index contributed by atoms with van der Waals surface area (Å²) >= 11 is 0. The number of carboxylic acid groups (broad SMARTS) is 3. The highest BCUT2D eigenvalue weighted by atomic mass is 16.4. The smallest absolute Gasteiger partial charge is 0.326 e. The van der Waals surface area contributed by atoms with Gasteiger partial charge >= 0.3 is 17.9 Å². The molecule has 0 bridgehead atoms. The van der Waals surface area contributed by atoms with Gasteiger partial charge in [-0.15, -0.1) is 0 Å². The monoisotopic (exact) mass is 531 g/mol. The van der Waals surface area contributed by atoms with Crippen molar-refractivity contribution in [2.75, 3.05) is 6.54 Å². The maximum atomic E-state index is 13.0. The van der Waals surface area contributed by atoms with Crippen LogP contribution in [0.2, 0.25) is 0 Å². The van der Waals surface area contributed by atoms with E-state index in [-0.39, 0.29) is 44.6 Å². The number of guanidine groups is 1. The lowest BCUT2D eigenvalue weighted by Crippen LogP contribution is -2.57. The van der Waals surface area contributed by atoms with Crippen LogP contribution >= 0.6 is 0 Å². The van der Waals surface area contributed by atoms with E-state index < -0.39 is 72.1 Å². The molecule has 0 aromatic carbocycles. The Hall–Kier alpha value is -3.95. The number of carbonyl (C=O) groups excluding carboxylic acids is 3. The second kappa shape index (κ2) is 16.7. The van der Waals surface area contributed by atoms with Crippen LogP contribution < -0.4 is 33.2 Å². The number of rotatable bonds is 18. The molecule has 0 aromatic heterocycles. The Balaban J connectivity index is 5.67. The standard InChI is InChI=1S/C21H37N7O9/c1-10(2)16(20(36)37)28-19(35)13(6-8-15(31)32)27-18(34)12(4-3-9-25-21(23)24)26-17(33)11(22)5-7-14(29)30/h10-13,16H,3-9,22H2,1-2H3,(H,26,33)(H,27,34)(H,28,35)(H,29,30)(H,31,32)(H,36,37)(H4,23,24,25). The van der Waals surface area contributed by atoms with Crippen LogP contribution in [-0.2, 0) is 28.8 Å². The zero-order chi connectivity index (χ0) is 28.7. The fourth-order valence-electron chi connectivity index (χ4n) is 3.04. The van der Waals surface area contributed by atoms with Gasteiger partial charge in [-0.25, -0.2) is 4.79 Å². The Morgan fingerprint density at radius 2 is 1.24 bits per heavy atom. The SMILES string of the molecule is CC(C)C(NC(=O)C(CCC(=O)O)NC(=O)C(CCCN=C(N)N)NC(=O)C(N)CCC(=O)O)C(=O)O. The summed E-state index contributed by atoms with van der Waals surface area (Å²) in [6, 6.07) is -5.23. The van der Waals surface area contributed by atoms with Crippen molar-refractivity contribution in [3.05, 3.63) is 0 Å². The van der Waals surface area contributed by atoms with Crippen LogP contribution in [0.3, 0.4) is 0 Å². The Bertz CT molecular complexity index is 859. The Kier molecular flexibility index (Phi) is 14.9. The third-order valence-electron chi connectivity index (χ3n) is 5.09. The molecule has 0 radical (unpaired) electrons. The zero-order valence-electron chi connectivity index (χ0n) is 20.8. The number of nitrogens with zero attached hydrogens (tertiary/aromatic N) is 1. The molecule has 16 nitrogen and oxygen atoms in total. The van der Waals surface area contributed by atoms with Crippen molar-refractivity contribution in [3.8, 4) is 0 Å². The van der Waals surface area contributed by atoms with Crippen LogP contribution in [0.15, 0.2) is 4.99 Å². The Labute approximate surface area is 213 Å². The van der Waals surface area contributed by atoms with Gasteiger partial charge in [-0.05, 0) is 31.6 Å². The Morgan fingerprint density at radius 1 is 0.757 bits per heavy atom. The summed E-state index contributed by atoms with van der Waals surface area (Å²) in [5.41, 5.74) is 16.2. The van der Waals surface area contributed by atoms with E-state index in [4.69, 9.17) is 27.4 Å². The molecule has 37 heavy (non-hydrogen) atoms. The maximum Gasteiger partial charge on any atom is 0.326 e. The highest BCUT2D eigenvalue weighted by Crippen LogP contribution is 2.07. The number of hydrogen-bond donors (Lipinski definition) is 9. The predicted octanol–water partition coefficient (Wildman–Crippen LogP) is -2.71. The molecule has 12 N–H and O–H groups in total. The number of nitrogens with one attached hydrogen (secondary N) is 3. The summed E-state index contributed by atoms with van der Waals surface area (Å²) in [6.45, 7) is 3.21. The average molecular weight is 532 g/mol. The summed E-state index contributed by atoms with van der Waals surface area (Å²) in [6.07, 6.45) is -1.26. The van der Waals surface area contributed by atoms with Gasteiger partial charge in [0.15, 0.2) is 5.96 Å². The van der Waals surface area contributed by atoms with Crippen molar-refractivity contribution in [3.63, 3.8) is 0 Å². The second-order valence-corrected chi connectivity index (χ2v) is 8.61. The molecule has 0 aliphatic heterocycles. The van der Waals surface area contributed by atoms with Gasteiger partial charge in [0.05, 0.1) is 6.04 Å². The number of carboxylic acids is 3. The van der Waals surface area contributed by atoms with Gasteiger partial charge in [-0.2, -0.15) is 0 Å². The first-order valence-electron chi connectivity index (χ1n) is 11.5. The van der Waals surface area contributed by atoms with Gasteiger partial charge in [0.25, 0.3) is 0 Å². The molecule has 210 valence electrons. The van der Waals surface area contributed by atoms with Crippen LogP contribution in [0.25, 0.3) is 0 Å². The van der Waals surface area contributed by atoms with Crippen molar-refractivity contribution in [2.24, 2.45) is 28.1 Å². The first-order valence-corrected chi connectivity index (χ1v) is 11.5. The summed E-state index contributed by atoms with van der Waals surface area (Å²) in [7, 11) is 0. The first kappa shape index (κ1) is 33.0. The number of amides is 3. The molecule has 16 heteroatoms. The van der Waals surface area contributed by atoms with E-state index in [2.05, 4.69) is 20.9 Å². The minimum Gasteiger partial charge on any atom is -0.481 e. The lowest BCUT2D eigenvalue weighted by Gasteiger charge is -2.26. The third kappa shape index (κ3) is 14.3.